The van der Waals surface area contributed by atoms with Gasteiger partial charge in [0, 0.05) is 18.6 Å². The lowest BCUT2D eigenvalue weighted by molar-refractivity contribution is 0.162. The van der Waals surface area contributed by atoms with Gasteiger partial charge in [0.15, 0.2) is 0 Å². The monoisotopic (exact) mass is 274 g/mol. The zero-order chi connectivity index (χ0) is 14.5. The minimum absolute atomic E-state index is 0.512. The van der Waals surface area contributed by atoms with Crippen LogP contribution in [0.3, 0.4) is 0 Å². The van der Waals surface area contributed by atoms with Gasteiger partial charge in [0.1, 0.15) is 0 Å². The molecule has 2 rings (SSSR count). The van der Waals surface area contributed by atoms with Crippen molar-refractivity contribution in [3.63, 3.8) is 0 Å². The number of hydrogen-bond donors (Lipinski definition) is 1. The highest BCUT2D eigenvalue weighted by atomic mass is 15.2. The Kier molecular flexibility index (Phi) is 5.62. The van der Waals surface area contributed by atoms with E-state index in [9.17, 15) is 0 Å². The zero-order valence-corrected chi connectivity index (χ0v) is 13.5. The normalized spacial score (nSPS) is 20.8. The van der Waals surface area contributed by atoms with Crippen LogP contribution in [0, 0.1) is 5.92 Å². The molecular formula is C18H30N2. The van der Waals surface area contributed by atoms with Crippen LogP contribution in [-0.4, -0.2) is 30.6 Å². The van der Waals surface area contributed by atoms with Crippen LogP contribution < -0.4 is 5.32 Å². The fourth-order valence-corrected chi connectivity index (χ4v) is 3.37. The van der Waals surface area contributed by atoms with Crippen molar-refractivity contribution in [1.29, 1.82) is 0 Å². The van der Waals surface area contributed by atoms with Crippen molar-refractivity contribution in [2.45, 2.75) is 52.6 Å². The summed E-state index contributed by atoms with van der Waals surface area (Å²) in [5.41, 5.74) is 2.91. The molecular weight excluding hydrogens is 244 g/mol. The van der Waals surface area contributed by atoms with Gasteiger partial charge < -0.3 is 5.32 Å². The van der Waals surface area contributed by atoms with Gasteiger partial charge >= 0.3 is 0 Å². The third-order valence-corrected chi connectivity index (χ3v) is 4.47. The average molecular weight is 274 g/mol. The molecule has 1 saturated heterocycles. The summed E-state index contributed by atoms with van der Waals surface area (Å²) in [4.78, 5) is 2.64. The van der Waals surface area contributed by atoms with E-state index in [1.165, 1.54) is 30.5 Å². The Morgan fingerprint density at radius 1 is 1.20 bits per heavy atom. The van der Waals surface area contributed by atoms with E-state index in [0.717, 1.165) is 19.0 Å². The Balaban J connectivity index is 2.04. The summed E-state index contributed by atoms with van der Waals surface area (Å²) < 4.78 is 0. The molecule has 2 atom stereocenters. The second-order valence-corrected chi connectivity index (χ2v) is 6.49. The van der Waals surface area contributed by atoms with E-state index in [-0.39, 0.29) is 0 Å². The Labute approximate surface area is 124 Å². The van der Waals surface area contributed by atoms with E-state index in [2.05, 4.69) is 62.2 Å². The van der Waals surface area contributed by atoms with E-state index in [1.54, 1.807) is 0 Å². The molecule has 1 aliphatic rings. The van der Waals surface area contributed by atoms with E-state index in [0.29, 0.717) is 12.1 Å². The molecule has 2 unspecified atom stereocenters. The molecule has 0 spiro atoms. The quantitative estimate of drug-likeness (QED) is 0.852. The molecule has 1 aromatic rings. The van der Waals surface area contributed by atoms with Gasteiger partial charge in [0.2, 0.25) is 0 Å². The second kappa shape index (κ2) is 7.24. The van der Waals surface area contributed by atoms with Crippen molar-refractivity contribution < 1.29 is 0 Å². The predicted octanol–water partition coefficient (Wildman–Crippen LogP) is 3.63. The molecule has 1 aliphatic heterocycles. The minimum Gasteiger partial charge on any atom is -0.315 e. The number of rotatable bonds is 6. The summed E-state index contributed by atoms with van der Waals surface area (Å²) in [6.07, 6.45) is 2.46. The molecule has 1 heterocycles. The van der Waals surface area contributed by atoms with E-state index >= 15 is 0 Å². The number of benzene rings is 1. The largest absolute Gasteiger partial charge is 0.315 e. The van der Waals surface area contributed by atoms with Gasteiger partial charge in [-0.1, -0.05) is 45.0 Å². The van der Waals surface area contributed by atoms with Gasteiger partial charge in [-0.2, -0.15) is 0 Å². The van der Waals surface area contributed by atoms with Crippen molar-refractivity contribution in [2.75, 3.05) is 19.6 Å². The molecule has 0 bridgehead atoms. The standard InChI is InChI=1S/C18H30N2/c1-5-20(18-10-11-19-13-18)15(4)17-8-6-16(7-9-17)12-14(2)3/h6-9,14-15,18-19H,5,10-13H2,1-4H3. The number of likely N-dealkylation sites (N-methyl/N-ethyl adjacent to an activating group) is 1. The summed E-state index contributed by atoms with van der Waals surface area (Å²) >= 11 is 0. The molecule has 1 N–H and O–H groups in total. The van der Waals surface area contributed by atoms with Crippen molar-refractivity contribution in [1.82, 2.24) is 10.2 Å². The van der Waals surface area contributed by atoms with Crippen LogP contribution in [0.4, 0.5) is 0 Å². The maximum absolute atomic E-state index is 3.48. The van der Waals surface area contributed by atoms with Crippen molar-refractivity contribution in [3.05, 3.63) is 35.4 Å². The van der Waals surface area contributed by atoms with E-state index < -0.39 is 0 Å². The maximum Gasteiger partial charge on any atom is 0.0323 e. The van der Waals surface area contributed by atoms with Crippen LogP contribution >= 0.6 is 0 Å². The number of hydrogen-bond acceptors (Lipinski definition) is 2. The molecule has 112 valence electrons. The summed E-state index contributed by atoms with van der Waals surface area (Å²) in [5.74, 6) is 0.731. The highest BCUT2D eigenvalue weighted by Crippen LogP contribution is 2.25. The first-order valence-corrected chi connectivity index (χ1v) is 8.17. The third kappa shape index (κ3) is 3.83. The lowest BCUT2D eigenvalue weighted by Crippen LogP contribution is -2.38. The minimum atomic E-state index is 0.512. The Morgan fingerprint density at radius 3 is 2.40 bits per heavy atom. The molecule has 1 fully saturated rings. The first kappa shape index (κ1) is 15.5. The van der Waals surface area contributed by atoms with Crippen LogP contribution in [0.1, 0.15) is 51.3 Å². The second-order valence-electron chi connectivity index (χ2n) is 6.49. The van der Waals surface area contributed by atoms with Crippen LogP contribution in [0.2, 0.25) is 0 Å². The average Bonchev–Trinajstić information content (AvgIpc) is 2.93. The Bertz CT molecular complexity index is 390. The van der Waals surface area contributed by atoms with Gasteiger partial charge in [0.25, 0.3) is 0 Å². The van der Waals surface area contributed by atoms with Crippen molar-refractivity contribution >= 4 is 0 Å². The molecule has 1 aromatic carbocycles. The Morgan fingerprint density at radius 2 is 1.90 bits per heavy atom. The topological polar surface area (TPSA) is 15.3 Å². The van der Waals surface area contributed by atoms with Gasteiger partial charge in [-0.15, -0.1) is 0 Å². The van der Waals surface area contributed by atoms with Crippen molar-refractivity contribution in [3.8, 4) is 0 Å². The molecule has 2 nitrogen and oxygen atoms in total. The molecule has 0 radical (unpaired) electrons. The summed E-state index contributed by atoms with van der Waals surface area (Å²) in [7, 11) is 0. The summed E-state index contributed by atoms with van der Waals surface area (Å²) in [5, 5.41) is 3.48. The maximum atomic E-state index is 3.48. The van der Waals surface area contributed by atoms with E-state index in [4.69, 9.17) is 0 Å². The smallest absolute Gasteiger partial charge is 0.0323 e. The molecule has 0 saturated carbocycles. The van der Waals surface area contributed by atoms with Crippen LogP contribution in [0.15, 0.2) is 24.3 Å². The highest BCUT2D eigenvalue weighted by Gasteiger charge is 2.25. The first-order valence-electron chi connectivity index (χ1n) is 8.17. The SMILES string of the molecule is CCN(C1CCNC1)C(C)c1ccc(CC(C)C)cc1. The summed E-state index contributed by atoms with van der Waals surface area (Å²) in [6.45, 7) is 12.6. The van der Waals surface area contributed by atoms with Crippen LogP contribution in [-0.2, 0) is 6.42 Å². The molecule has 0 aliphatic carbocycles. The lowest BCUT2D eigenvalue weighted by atomic mass is 9.98. The summed E-state index contributed by atoms with van der Waals surface area (Å²) in [6, 6.07) is 10.5. The molecule has 20 heavy (non-hydrogen) atoms. The molecule has 0 amide bonds. The molecule has 2 heteroatoms. The van der Waals surface area contributed by atoms with Gasteiger partial charge in [-0.3, -0.25) is 4.90 Å². The van der Waals surface area contributed by atoms with Gasteiger partial charge in [-0.05, 0) is 49.9 Å². The van der Waals surface area contributed by atoms with Crippen LogP contribution in [0.25, 0.3) is 0 Å². The fourth-order valence-electron chi connectivity index (χ4n) is 3.37. The number of nitrogens with one attached hydrogen (secondary N) is 1. The number of nitrogens with zero attached hydrogens (tertiary/aromatic N) is 1. The van der Waals surface area contributed by atoms with Gasteiger partial charge in [-0.25, -0.2) is 0 Å². The predicted molar refractivity (Wildman–Crippen MR) is 87.1 cm³/mol. The highest BCUT2D eigenvalue weighted by molar-refractivity contribution is 5.25. The molecule has 0 aromatic heterocycles. The van der Waals surface area contributed by atoms with Crippen LogP contribution in [0.5, 0.6) is 0 Å². The van der Waals surface area contributed by atoms with E-state index in [1.807, 2.05) is 0 Å². The Hall–Kier alpha value is -0.860. The lowest BCUT2D eigenvalue weighted by Gasteiger charge is -2.33. The van der Waals surface area contributed by atoms with Crippen molar-refractivity contribution in [2.24, 2.45) is 5.92 Å². The van der Waals surface area contributed by atoms with Gasteiger partial charge in [0.05, 0.1) is 0 Å². The first-order chi connectivity index (χ1) is 9.61. The fraction of sp³-hybridized carbons (Fsp3) is 0.667. The zero-order valence-electron chi connectivity index (χ0n) is 13.5. The third-order valence-electron chi connectivity index (χ3n) is 4.47.